The van der Waals surface area contributed by atoms with Crippen molar-refractivity contribution >= 4 is 0 Å². The number of halogens is 4. The van der Waals surface area contributed by atoms with Gasteiger partial charge in [-0.25, -0.2) is 4.39 Å². The van der Waals surface area contributed by atoms with E-state index in [1.807, 2.05) is 6.92 Å². The van der Waals surface area contributed by atoms with Crippen LogP contribution in [0.3, 0.4) is 0 Å². The minimum atomic E-state index is -4.63. The van der Waals surface area contributed by atoms with Crippen molar-refractivity contribution in [1.29, 1.82) is 0 Å². The van der Waals surface area contributed by atoms with Gasteiger partial charge in [-0.05, 0) is 36.6 Å². The summed E-state index contributed by atoms with van der Waals surface area (Å²) < 4.78 is 51.0. The summed E-state index contributed by atoms with van der Waals surface area (Å²) in [4.78, 5) is 0. The molecule has 19 heavy (non-hydrogen) atoms. The van der Waals surface area contributed by atoms with Crippen molar-refractivity contribution in [3.05, 3.63) is 35.1 Å². The average molecular weight is 275 g/mol. The Morgan fingerprint density at radius 2 is 2.00 bits per heavy atom. The highest BCUT2D eigenvalue weighted by Gasteiger charge is 2.34. The zero-order chi connectivity index (χ0) is 14.0. The molecule has 0 aliphatic heterocycles. The van der Waals surface area contributed by atoms with Gasteiger partial charge in [-0.1, -0.05) is 25.8 Å². The molecule has 5 heteroatoms. The van der Waals surface area contributed by atoms with Crippen LogP contribution in [0.2, 0.25) is 0 Å². The van der Waals surface area contributed by atoms with E-state index in [0.717, 1.165) is 31.4 Å². The largest absolute Gasteiger partial charge is 0.419 e. The first-order valence-corrected chi connectivity index (χ1v) is 6.51. The van der Waals surface area contributed by atoms with E-state index >= 15 is 0 Å². The van der Waals surface area contributed by atoms with Crippen molar-refractivity contribution in [3.63, 3.8) is 0 Å². The van der Waals surface area contributed by atoms with Crippen molar-refractivity contribution < 1.29 is 17.6 Å². The van der Waals surface area contributed by atoms with E-state index in [4.69, 9.17) is 0 Å². The minimum Gasteiger partial charge on any atom is -0.310 e. The molecule has 1 aliphatic carbocycles. The summed E-state index contributed by atoms with van der Waals surface area (Å²) in [7, 11) is 0. The average Bonchev–Trinajstić information content (AvgIpc) is 3.10. The summed E-state index contributed by atoms with van der Waals surface area (Å²) in [6, 6.07) is 3.16. The van der Waals surface area contributed by atoms with Crippen LogP contribution in [0.4, 0.5) is 17.6 Å². The van der Waals surface area contributed by atoms with Gasteiger partial charge in [0.1, 0.15) is 5.82 Å². The van der Waals surface area contributed by atoms with Crippen LogP contribution in [-0.4, -0.2) is 6.54 Å². The molecule has 1 aliphatic rings. The molecule has 2 rings (SSSR count). The topological polar surface area (TPSA) is 12.0 Å². The first kappa shape index (κ1) is 14.3. The molecule has 1 nitrogen and oxygen atoms in total. The van der Waals surface area contributed by atoms with Gasteiger partial charge in [0.15, 0.2) is 0 Å². The van der Waals surface area contributed by atoms with Crippen LogP contribution in [0.5, 0.6) is 0 Å². The molecular formula is C14H17F4N. The third kappa shape index (κ3) is 3.69. The van der Waals surface area contributed by atoms with Gasteiger partial charge >= 0.3 is 6.18 Å². The fourth-order valence-electron chi connectivity index (χ4n) is 2.25. The van der Waals surface area contributed by atoms with Crippen molar-refractivity contribution in [1.82, 2.24) is 5.32 Å². The van der Waals surface area contributed by atoms with Crippen LogP contribution < -0.4 is 5.32 Å². The lowest BCUT2D eigenvalue weighted by molar-refractivity contribution is -0.140. The number of alkyl halides is 3. The maximum atomic E-state index is 13.6. The Labute approximate surface area is 110 Å². The molecule has 1 N–H and O–H groups in total. The molecular weight excluding hydrogens is 258 g/mol. The summed E-state index contributed by atoms with van der Waals surface area (Å²) >= 11 is 0. The predicted molar refractivity (Wildman–Crippen MR) is 65.2 cm³/mol. The maximum absolute atomic E-state index is 13.6. The summed E-state index contributed by atoms with van der Waals surface area (Å²) in [5.41, 5.74) is -0.600. The van der Waals surface area contributed by atoms with E-state index in [2.05, 4.69) is 5.32 Å². The SMILES string of the molecule is CCNC(CC1CC1)c1ccc(C(F)(F)F)c(F)c1. The number of benzene rings is 1. The van der Waals surface area contributed by atoms with Gasteiger partial charge in [-0.15, -0.1) is 0 Å². The molecule has 0 amide bonds. The number of hydrogen-bond acceptors (Lipinski definition) is 1. The third-order valence-electron chi connectivity index (χ3n) is 3.42. The van der Waals surface area contributed by atoms with Gasteiger partial charge in [0, 0.05) is 6.04 Å². The Balaban J connectivity index is 2.20. The fraction of sp³-hybridized carbons (Fsp3) is 0.571. The van der Waals surface area contributed by atoms with Crippen LogP contribution in [0.25, 0.3) is 0 Å². The summed E-state index contributed by atoms with van der Waals surface area (Å²) in [6.45, 7) is 2.64. The third-order valence-corrected chi connectivity index (χ3v) is 3.42. The summed E-state index contributed by atoms with van der Waals surface area (Å²) in [6.07, 6.45) is -1.46. The molecule has 0 aromatic heterocycles. The molecule has 0 saturated heterocycles. The molecule has 1 aromatic carbocycles. The lowest BCUT2D eigenvalue weighted by Gasteiger charge is -2.19. The zero-order valence-electron chi connectivity index (χ0n) is 10.7. The fourth-order valence-corrected chi connectivity index (χ4v) is 2.25. The molecule has 1 atom stereocenters. The second kappa shape index (κ2) is 5.49. The van der Waals surface area contributed by atoms with Crippen LogP contribution in [0, 0.1) is 11.7 Å². The van der Waals surface area contributed by atoms with Crippen molar-refractivity contribution in [2.75, 3.05) is 6.54 Å². The Bertz CT molecular complexity index is 438. The normalized spacial score (nSPS) is 17.5. The van der Waals surface area contributed by atoms with Gasteiger partial charge in [-0.2, -0.15) is 13.2 Å². The standard InChI is InChI=1S/C14H17F4N/c1-2-19-13(7-9-3-4-9)10-5-6-11(12(15)8-10)14(16,17)18/h5-6,8-9,13,19H,2-4,7H2,1H3. The second-order valence-electron chi connectivity index (χ2n) is 5.03. The number of rotatable bonds is 5. The minimum absolute atomic E-state index is 0.0608. The highest BCUT2D eigenvalue weighted by atomic mass is 19.4. The molecule has 1 saturated carbocycles. The van der Waals surface area contributed by atoms with Crippen LogP contribution >= 0.6 is 0 Å². The lowest BCUT2D eigenvalue weighted by Crippen LogP contribution is -2.22. The van der Waals surface area contributed by atoms with Gasteiger partial charge in [0.25, 0.3) is 0 Å². The predicted octanol–water partition coefficient (Wildman–Crippen LogP) is 4.30. The van der Waals surface area contributed by atoms with Gasteiger partial charge < -0.3 is 5.32 Å². The Hall–Kier alpha value is -1.10. The summed E-state index contributed by atoms with van der Waals surface area (Å²) in [5, 5.41) is 3.21. The van der Waals surface area contributed by atoms with E-state index in [1.165, 1.54) is 6.07 Å². The van der Waals surface area contributed by atoms with Crippen molar-refractivity contribution in [3.8, 4) is 0 Å². The molecule has 0 bridgehead atoms. The summed E-state index contributed by atoms with van der Waals surface area (Å²) in [5.74, 6) is -0.571. The maximum Gasteiger partial charge on any atom is 0.419 e. The quantitative estimate of drug-likeness (QED) is 0.790. The van der Waals surface area contributed by atoms with Crippen molar-refractivity contribution in [2.45, 2.75) is 38.4 Å². The van der Waals surface area contributed by atoms with Crippen molar-refractivity contribution in [2.24, 2.45) is 5.92 Å². The molecule has 1 fully saturated rings. The highest BCUT2D eigenvalue weighted by molar-refractivity contribution is 5.28. The molecule has 0 radical (unpaired) electrons. The van der Waals surface area contributed by atoms with Crippen LogP contribution in [0.15, 0.2) is 18.2 Å². The lowest BCUT2D eigenvalue weighted by atomic mass is 9.99. The first-order valence-electron chi connectivity index (χ1n) is 6.51. The molecule has 0 spiro atoms. The first-order chi connectivity index (χ1) is 8.91. The molecule has 0 heterocycles. The van der Waals surface area contributed by atoms with Crippen LogP contribution in [0.1, 0.15) is 43.4 Å². The molecule has 1 aromatic rings. The van der Waals surface area contributed by atoms with Gasteiger partial charge in [0.05, 0.1) is 5.56 Å². The van der Waals surface area contributed by atoms with Crippen LogP contribution in [-0.2, 0) is 6.18 Å². The Kier molecular flexibility index (Phi) is 4.13. The smallest absolute Gasteiger partial charge is 0.310 e. The van der Waals surface area contributed by atoms with E-state index in [9.17, 15) is 17.6 Å². The Morgan fingerprint density at radius 1 is 1.32 bits per heavy atom. The zero-order valence-corrected chi connectivity index (χ0v) is 10.7. The second-order valence-corrected chi connectivity index (χ2v) is 5.03. The molecule has 1 unspecified atom stereocenters. The van der Waals surface area contributed by atoms with E-state index in [1.54, 1.807) is 0 Å². The molecule has 106 valence electrons. The van der Waals surface area contributed by atoms with E-state index in [-0.39, 0.29) is 6.04 Å². The highest BCUT2D eigenvalue weighted by Crippen LogP contribution is 2.38. The van der Waals surface area contributed by atoms with E-state index < -0.39 is 17.6 Å². The van der Waals surface area contributed by atoms with E-state index in [0.29, 0.717) is 18.0 Å². The number of hydrogen-bond donors (Lipinski definition) is 1. The number of nitrogens with one attached hydrogen (secondary N) is 1. The van der Waals surface area contributed by atoms with Gasteiger partial charge in [0.2, 0.25) is 0 Å². The monoisotopic (exact) mass is 275 g/mol. The Morgan fingerprint density at radius 3 is 2.47 bits per heavy atom. The van der Waals surface area contributed by atoms with Gasteiger partial charge in [-0.3, -0.25) is 0 Å².